The molecule has 47 heavy (non-hydrogen) atoms. The molecule has 4 N–H and O–H groups in total. The first-order valence-electron chi connectivity index (χ1n) is 13.9. The number of aliphatic hydroxyl groups excluding tert-OH is 1. The second-order valence-electron chi connectivity index (χ2n) is 9.72. The number of nitro benzene ring substituents is 2. The summed E-state index contributed by atoms with van der Waals surface area (Å²) in [7, 11) is 1.24. The fourth-order valence-corrected chi connectivity index (χ4v) is 4.46. The van der Waals surface area contributed by atoms with Crippen LogP contribution in [-0.4, -0.2) is 59.7 Å². The summed E-state index contributed by atoms with van der Waals surface area (Å²) in [6.07, 6.45) is 0.00206. The molecule has 2 atom stereocenters. The van der Waals surface area contributed by atoms with Gasteiger partial charge in [-0.1, -0.05) is 18.2 Å². The first kappa shape index (κ1) is 33.7. The molecule has 0 unspecified atom stereocenters. The molecule has 246 valence electrons. The molecule has 0 aliphatic carbocycles. The van der Waals surface area contributed by atoms with Crippen molar-refractivity contribution in [2.45, 2.75) is 26.1 Å². The fourth-order valence-electron chi connectivity index (χ4n) is 4.46. The maximum atomic E-state index is 12.4. The standard InChI is InChI=1S/C30H30N6O11/c1-4-45-25-13-18(28-27(29(38)44-3)17(2)32-30(39)33-28)9-11-24(25)46-16-26(37)34-31-15-19-7-5-6-8-22(19)47-23-12-10-20(35(40)41)14-21(23)36(42)43/h5-15,26,28,34,37H,4,16H2,1-3H3,(H2,32,33,39)/b31-15-/t26-,28+/m0/s1. The Bertz CT molecular complexity index is 1740. The van der Waals surface area contributed by atoms with E-state index in [2.05, 4.69) is 21.2 Å². The molecule has 4 rings (SSSR count). The van der Waals surface area contributed by atoms with Gasteiger partial charge in [0.2, 0.25) is 5.75 Å². The van der Waals surface area contributed by atoms with Gasteiger partial charge in [0.1, 0.15) is 12.4 Å². The molecule has 0 saturated heterocycles. The average Bonchev–Trinajstić information content (AvgIpc) is 3.04. The van der Waals surface area contributed by atoms with Crippen LogP contribution in [0.3, 0.4) is 0 Å². The molecule has 0 fully saturated rings. The molecule has 17 nitrogen and oxygen atoms in total. The van der Waals surface area contributed by atoms with Crippen LogP contribution in [-0.2, 0) is 9.53 Å². The highest BCUT2D eigenvalue weighted by Crippen LogP contribution is 2.36. The number of allylic oxidation sites excluding steroid dienone is 1. The molecule has 3 aromatic carbocycles. The third kappa shape index (κ3) is 8.28. The lowest BCUT2D eigenvalue weighted by molar-refractivity contribution is -0.394. The van der Waals surface area contributed by atoms with Crippen LogP contribution in [0.25, 0.3) is 0 Å². The molecule has 0 bridgehead atoms. The van der Waals surface area contributed by atoms with E-state index in [9.17, 15) is 34.9 Å². The van der Waals surface area contributed by atoms with Crippen molar-refractivity contribution in [3.63, 3.8) is 0 Å². The van der Waals surface area contributed by atoms with Crippen molar-refractivity contribution in [2.24, 2.45) is 5.10 Å². The Balaban J connectivity index is 1.44. The maximum Gasteiger partial charge on any atom is 0.337 e. The van der Waals surface area contributed by atoms with Crippen LogP contribution in [0.5, 0.6) is 23.0 Å². The average molecular weight is 651 g/mol. The molecular weight excluding hydrogens is 620 g/mol. The molecule has 2 amide bonds. The second-order valence-corrected chi connectivity index (χ2v) is 9.72. The van der Waals surface area contributed by atoms with E-state index in [1.54, 1.807) is 50.2 Å². The Morgan fingerprint density at radius 2 is 1.79 bits per heavy atom. The number of carbonyl (C=O) groups is 2. The van der Waals surface area contributed by atoms with Crippen LogP contribution in [0.1, 0.15) is 31.0 Å². The number of amides is 2. The third-order valence-electron chi connectivity index (χ3n) is 6.59. The van der Waals surface area contributed by atoms with Gasteiger partial charge in [0, 0.05) is 17.3 Å². The topological polar surface area (TPSA) is 226 Å². The highest BCUT2D eigenvalue weighted by atomic mass is 16.6. The van der Waals surface area contributed by atoms with E-state index in [1.165, 1.54) is 19.4 Å². The summed E-state index contributed by atoms with van der Waals surface area (Å²) >= 11 is 0. The summed E-state index contributed by atoms with van der Waals surface area (Å²) < 4.78 is 22.0. The number of hydrogen-bond acceptors (Lipinski definition) is 13. The van der Waals surface area contributed by atoms with E-state index in [1.807, 2.05) is 0 Å². The monoisotopic (exact) mass is 650 g/mol. The van der Waals surface area contributed by atoms with Crippen LogP contribution >= 0.6 is 0 Å². The summed E-state index contributed by atoms with van der Waals surface area (Å²) in [5.74, 6) is -0.109. The van der Waals surface area contributed by atoms with Gasteiger partial charge in [-0.25, -0.2) is 9.59 Å². The largest absolute Gasteiger partial charge is 0.490 e. The third-order valence-corrected chi connectivity index (χ3v) is 6.59. The van der Waals surface area contributed by atoms with E-state index in [0.29, 0.717) is 22.6 Å². The van der Waals surface area contributed by atoms with Crippen molar-refractivity contribution in [1.82, 2.24) is 16.1 Å². The van der Waals surface area contributed by atoms with Crippen LogP contribution in [0.2, 0.25) is 0 Å². The number of methoxy groups -OCH3 is 1. The van der Waals surface area contributed by atoms with Crippen molar-refractivity contribution in [2.75, 3.05) is 20.3 Å². The van der Waals surface area contributed by atoms with E-state index in [-0.39, 0.29) is 36.0 Å². The van der Waals surface area contributed by atoms with Crippen LogP contribution in [0, 0.1) is 20.2 Å². The molecule has 1 aliphatic heterocycles. The van der Waals surface area contributed by atoms with Crippen molar-refractivity contribution in [1.29, 1.82) is 0 Å². The first-order chi connectivity index (χ1) is 22.5. The van der Waals surface area contributed by atoms with Crippen LogP contribution < -0.4 is 30.3 Å². The van der Waals surface area contributed by atoms with Gasteiger partial charge in [0.05, 0.1) is 47.5 Å². The quantitative estimate of drug-likeness (QED) is 0.0642. The predicted molar refractivity (Wildman–Crippen MR) is 165 cm³/mol. The lowest BCUT2D eigenvalue weighted by Crippen LogP contribution is -2.45. The van der Waals surface area contributed by atoms with Gasteiger partial charge < -0.3 is 34.7 Å². The summed E-state index contributed by atoms with van der Waals surface area (Å²) in [5, 5.41) is 42.2. The number of aliphatic hydroxyl groups is 1. The van der Waals surface area contributed by atoms with Gasteiger partial charge in [0.15, 0.2) is 17.7 Å². The zero-order valence-electron chi connectivity index (χ0n) is 25.3. The number of esters is 1. The highest BCUT2D eigenvalue weighted by Gasteiger charge is 2.32. The number of nitro groups is 2. The second kappa shape index (κ2) is 15.2. The normalized spacial score (nSPS) is 14.9. The Hall–Kier alpha value is -6.23. The predicted octanol–water partition coefficient (Wildman–Crippen LogP) is 3.82. The zero-order chi connectivity index (χ0) is 34.1. The van der Waals surface area contributed by atoms with Gasteiger partial charge in [-0.3, -0.25) is 25.7 Å². The van der Waals surface area contributed by atoms with E-state index in [4.69, 9.17) is 18.9 Å². The van der Waals surface area contributed by atoms with Crippen molar-refractivity contribution < 1.29 is 43.5 Å². The van der Waals surface area contributed by atoms with Crippen molar-refractivity contribution in [3.8, 4) is 23.0 Å². The van der Waals surface area contributed by atoms with E-state index >= 15 is 0 Å². The maximum absolute atomic E-state index is 12.4. The number of para-hydroxylation sites is 1. The number of carbonyl (C=O) groups excluding carboxylic acids is 2. The van der Waals surface area contributed by atoms with Crippen LogP contribution in [0.15, 0.2) is 77.0 Å². The molecular formula is C30H30N6O11. The number of benzene rings is 3. The number of ether oxygens (including phenoxy) is 4. The number of urea groups is 1. The number of nitrogens with one attached hydrogen (secondary N) is 3. The zero-order valence-corrected chi connectivity index (χ0v) is 25.3. The molecule has 1 heterocycles. The Morgan fingerprint density at radius 3 is 2.49 bits per heavy atom. The lowest BCUT2D eigenvalue weighted by atomic mass is 9.95. The Labute approximate surface area is 267 Å². The summed E-state index contributed by atoms with van der Waals surface area (Å²) in [5.41, 5.74) is 2.92. The summed E-state index contributed by atoms with van der Waals surface area (Å²) in [6, 6.07) is 12.9. The Kier molecular flexibility index (Phi) is 10.9. The fraction of sp³-hybridized carbons (Fsp3) is 0.233. The minimum absolute atomic E-state index is 0.160. The molecule has 3 aromatic rings. The lowest BCUT2D eigenvalue weighted by Gasteiger charge is -2.28. The molecule has 0 aromatic heterocycles. The van der Waals surface area contributed by atoms with E-state index < -0.39 is 45.5 Å². The summed E-state index contributed by atoms with van der Waals surface area (Å²) in [4.78, 5) is 45.6. The molecule has 17 heteroatoms. The van der Waals surface area contributed by atoms with Gasteiger partial charge in [-0.05, 0) is 49.7 Å². The van der Waals surface area contributed by atoms with E-state index in [0.717, 1.165) is 18.2 Å². The minimum atomic E-state index is -1.30. The number of rotatable bonds is 14. The van der Waals surface area contributed by atoms with Crippen LogP contribution in [0.4, 0.5) is 16.2 Å². The van der Waals surface area contributed by atoms with Crippen molar-refractivity contribution >= 4 is 29.6 Å². The SMILES string of the molecule is CCOc1cc([C@H]2NC(=O)NC(C)=C2C(=O)OC)ccc1OC[C@H](O)N/N=C\c1ccccc1Oc1ccc([N+](=O)[O-])cc1[N+](=O)[O-]. The first-order valence-corrected chi connectivity index (χ1v) is 13.9. The van der Waals surface area contributed by atoms with Gasteiger partial charge in [-0.2, -0.15) is 5.10 Å². The number of hydrogen-bond donors (Lipinski definition) is 4. The number of nitrogens with zero attached hydrogens (tertiary/aromatic N) is 3. The van der Waals surface area contributed by atoms with Crippen molar-refractivity contribution in [3.05, 3.63) is 103 Å². The van der Waals surface area contributed by atoms with Gasteiger partial charge in [-0.15, -0.1) is 0 Å². The number of non-ortho nitro benzene ring substituents is 1. The summed E-state index contributed by atoms with van der Waals surface area (Å²) in [6.45, 7) is 3.35. The number of hydrazone groups is 1. The molecule has 1 aliphatic rings. The molecule has 0 saturated carbocycles. The van der Waals surface area contributed by atoms with Gasteiger partial charge in [0.25, 0.3) is 5.69 Å². The van der Waals surface area contributed by atoms with Gasteiger partial charge >= 0.3 is 17.7 Å². The highest BCUT2D eigenvalue weighted by molar-refractivity contribution is 5.95. The molecule has 0 radical (unpaired) electrons. The smallest absolute Gasteiger partial charge is 0.337 e. The minimum Gasteiger partial charge on any atom is -0.490 e. The Morgan fingerprint density at radius 1 is 1.04 bits per heavy atom. The molecule has 0 spiro atoms.